The van der Waals surface area contributed by atoms with Gasteiger partial charge in [0, 0.05) is 29.5 Å². The average molecular weight is 337 g/mol. The van der Waals surface area contributed by atoms with Gasteiger partial charge in [-0.25, -0.2) is 4.98 Å². The van der Waals surface area contributed by atoms with Crippen molar-refractivity contribution in [3.63, 3.8) is 0 Å². The summed E-state index contributed by atoms with van der Waals surface area (Å²) in [5.74, 6) is 6.78. The third-order valence-corrected chi connectivity index (χ3v) is 2.98. The molecule has 5 heteroatoms. The third kappa shape index (κ3) is 4.82. The van der Waals surface area contributed by atoms with Gasteiger partial charge in [-0.2, -0.15) is 0 Å². The molecule has 0 saturated heterocycles. The average Bonchev–Trinajstić information content (AvgIpc) is 2.92. The smallest absolute Gasteiger partial charge is 0.138 e. The number of aliphatic hydroxyl groups is 2. The molecule has 0 radical (unpaired) electrons. The maximum absolute atomic E-state index is 9.50. The van der Waals surface area contributed by atoms with Crippen LogP contribution in [0.2, 0.25) is 0 Å². The zero-order valence-electron chi connectivity index (χ0n) is 11.4. The Morgan fingerprint density at radius 2 is 1.95 bits per heavy atom. The number of nitrogens with zero attached hydrogens (tertiary/aromatic N) is 2. The fourth-order valence-electron chi connectivity index (χ4n) is 1.58. The van der Waals surface area contributed by atoms with Crippen LogP contribution in [0.5, 0.6) is 0 Å². The van der Waals surface area contributed by atoms with Crippen LogP contribution < -0.4 is 0 Å². The van der Waals surface area contributed by atoms with E-state index in [9.17, 15) is 5.11 Å². The van der Waals surface area contributed by atoms with Gasteiger partial charge in [0.25, 0.3) is 0 Å². The van der Waals surface area contributed by atoms with Crippen molar-refractivity contribution < 1.29 is 10.2 Å². The molecule has 1 unspecified atom stereocenters. The lowest BCUT2D eigenvalue weighted by Gasteiger charge is -2.05. The first-order valence-electron chi connectivity index (χ1n) is 6.05. The van der Waals surface area contributed by atoms with Gasteiger partial charge in [-0.05, 0) is 31.2 Å². The van der Waals surface area contributed by atoms with E-state index in [-0.39, 0.29) is 0 Å². The minimum atomic E-state index is -0.575. The van der Waals surface area contributed by atoms with E-state index < -0.39 is 6.10 Å². The minimum absolute atomic E-state index is 0.524. The van der Waals surface area contributed by atoms with E-state index in [0.717, 1.165) is 17.1 Å². The van der Waals surface area contributed by atoms with Gasteiger partial charge < -0.3 is 14.8 Å². The van der Waals surface area contributed by atoms with Crippen LogP contribution >= 0.6 is 15.9 Å². The van der Waals surface area contributed by atoms with Crippen LogP contribution in [0.3, 0.4) is 0 Å². The van der Waals surface area contributed by atoms with Crippen LogP contribution in [0.15, 0.2) is 41.1 Å². The topological polar surface area (TPSA) is 58.3 Å². The van der Waals surface area contributed by atoms with Crippen molar-refractivity contribution in [2.45, 2.75) is 19.6 Å². The quantitative estimate of drug-likeness (QED) is 0.827. The van der Waals surface area contributed by atoms with Crippen LogP contribution in [-0.4, -0.2) is 26.9 Å². The lowest BCUT2D eigenvalue weighted by atomic mass is 10.2. The Hall–Kier alpha value is -1.61. The molecule has 1 aromatic carbocycles. The van der Waals surface area contributed by atoms with Gasteiger partial charge in [-0.3, -0.25) is 0 Å². The summed E-state index contributed by atoms with van der Waals surface area (Å²) in [4.78, 5) is 4.09. The number of imidazole rings is 1. The monoisotopic (exact) mass is 336 g/mol. The first-order chi connectivity index (χ1) is 9.66. The maximum atomic E-state index is 9.50. The van der Waals surface area contributed by atoms with Crippen molar-refractivity contribution in [1.82, 2.24) is 9.55 Å². The van der Waals surface area contributed by atoms with Crippen molar-refractivity contribution in [2.24, 2.45) is 0 Å². The predicted octanol–water partition coefficient (Wildman–Crippen LogP) is 2.36. The molecule has 0 spiro atoms. The number of benzene rings is 1. The van der Waals surface area contributed by atoms with Crippen molar-refractivity contribution in [1.29, 1.82) is 0 Å². The molecule has 1 aromatic heterocycles. The molecule has 20 heavy (non-hydrogen) atoms. The molecular weight excluding hydrogens is 320 g/mol. The minimum Gasteiger partial charge on any atom is -0.400 e. The molecular formula is C15H17BrN2O2. The Labute approximate surface area is 127 Å². The molecule has 0 aliphatic carbocycles. The molecule has 0 amide bonds. The van der Waals surface area contributed by atoms with Crippen molar-refractivity contribution in [3.05, 3.63) is 52.5 Å². The van der Waals surface area contributed by atoms with E-state index in [0.29, 0.717) is 12.4 Å². The summed E-state index contributed by atoms with van der Waals surface area (Å²) in [6, 6.07) is 7.84. The molecule has 1 atom stereocenters. The van der Waals surface area contributed by atoms with E-state index in [2.05, 4.69) is 32.8 Å². The maximum Gasteiger partial charge on any atom is 0.138 e. The lowest BCUT2D eigenvalue weighted by molar-refractivity contribution is 0.184. The number of aliphatic hydroxyl groups excluding tert-OH is 2. The molecule has 106 valence electrons. The van der Waals surface area contributed by atoms with Crippen LogP contribution in [0.1, 0.15) is 24.4 Å². The summed E-state index contributed by atoms with van der Waals surface area (Å²) in [5.41, 5.74) is 0.969. The number of aromatic nitrogens is 2. The van der Waals surface area contributed by atoms with Gasteiger partial charge in [0.2, 0.25) is 0 Å². The SMILES string of the molecule is CC(O)c1nccn1CC#Cc1ccc(Br)cc1.CO. The van der Waals surface area contributed by atoms with Gasteiger partial charge in [0.1, 0.15) is 11.9 Å². The van der Waals surface area contributed by atoms with Gasteiger partial charge in [0.15, 0.2) is 0 Å². The second-order valence-electron chi connectivity index (χ2n) is 3.90. The molecule has 0 bridgehead atoms. The van der Waals surface area contributed by atoms with Crippen molar-refractivity contribution in [2.75, 3.05) is 7.11 Å². The Balaban J connectivity index is 0.000000956. The van der Waals surface area contributed by atoms with Gasteiger partial charge >= 0.3 is 0 Å². The van der Waals surface area contributed by atoms with E-state index in [1.54, 1.807) is 13.1 Å². The van der Waals surface area contributed by atoms with E-state index in [1.807, 2.05) is 35.0 Å². The van der Waals surface area contributed by atoms with E-state index in [4.69, 9.17) is 5.11 Å². The summed E-state index contributed by atoms with van der Waals surface area (Å²) >= 11 is 3.38. The molecule has 2 N–H and O–H groups in total. The third-order valence-electron chi connectivity index (χ3n) is 2.45. The molecule has 0 aliphatic heterocycles. The first-order valence-corrected chi connectivity index (χ1v) is 6.84. The second-order valence-corrected chi connectivity index (χ2v) is 4.81. The molecule has 0 fully saturated rings. The summed E-state index contributed by atoms with van der Waals surface area (Å²) < 4.78 is 2.88. The summed E-state index contributed by atoms with van der Waals surface area (Å²) in [7, 11) is 1.00. The van der Waals surface area contributed by atoms with Crippen molar-refractivity contribution in [3.8, 4) is 11.8 Å². The fourth-order valence-corrected chi connectivity index (χ4v) is 1.85. The lowest BCUT2D eigenvalue weighted by Crippen LogP contribution is -2.05. The van der Waals surface area contributed by atoms with E-state index >= 15 is 0 Å². The zero-order valence-corrected chi connectivity index (χ0v) is 13.0. The van der Waals surface area contributed by atoms with Gasteiger partial charge in [-0.1, -0.05) is 27.8 Å². The first kappa shape index (κ1) is 16.4. The summed E-state index contributed by atoms with van der Waals surface area (Å²) in [6.45, 7) is 2.22. The zero-order chi connectivity index (χ0) is 15.0. The number of rotatable bonds is 2. The molecule has 1 heterocycles. The van der Waals surface area contributed by atoms with Crippen LogP contribution in [0, 0.1) is 11.8 Å². The summed E-state index contributed by atoms with van der Waals surface area (Å²) in [5, 5.41) is 16.5. The Kier molecular flexibility index (Phi) is 7.02. The Morgan fingerprint density at radius 3 is 2.55 bits per heavy atom. The van der Waals surface area contributed by atoms with Crippen LogP contribution in [0.25, 0.3) is 0 Å². The highest BCUT2D eigenvalue weighted by Crippen LogP contribution is 2.10. The number of halogens is 1. The molecule has 0 aliphatic rings. The largest absolute Gasteiger partial charge is 0.400 e. The van der Waals surface area contributed by atoms with Gasteiger partial charge in [0.05, 0.1) is 6.54 Å². The highest BCUT2D eigenvalue weighted by Gasteiger charge is 2.06. The Bertz CT molecular complexity index is 580. The second kappa shape index (κ2) is 8.54. The highest BCUT2D eigenvalue weighted by atomic mass is 79.9. The van der Waals surface area contributed by atoms with Crippen LogP contribution in [-0.2, 0) is 6.54 Å². The van der Waals surface area contributed by atoms with Crippen molar-refractivity contribution >= 4 is 15.9 Å². The standard InChI is InChI=1S/C14H13BrN2O.CH4O/c1-11(18)14-16-8-10-17(14)9-2-3-12-4-6-13(15)7-5-12;1-2/h4-8,10-11,18H,9H2,1H3;2H,1H3. The highest BCUT2D eigenvalue weighted by molar-refractivity contribution is 9.10. The predicted molar refractivity (Wildman–Crippen MR) is 82.0 cm³/mol. The van der Waals surface area contributed by atoms with Gasteiger partial charge in [-0.15, -0.1) is 0 Å². The fraction of sp³-hybridized carbons (Fsp3) is 0.267. The van der Waals surface area contributed by atoms with Crippen LogP contribution in [0.4, 0.5) is 0 Å². The molecule has 0 saturated carbocycles. The molecule has 2 rings (SSSR count). The number of hydrogen-bond acceptors (Lipinski definition) is 3. The molecule has 4 nitrogen and oxygen atoms in total. The Morgan fingerprint density at radius 1 is 1.30 bits per heavy atom. The summed E-state index contributed by atoms with van der Waals surface area (Å²) in [6.07, 6.45) is 2.91. The normalized spacial score (nSPS) is 10.8. The van der Waals surface area contributed by atoms with E-state index in [1.165, 1.54) is 0 Å². The molecule has 2 aromatic rings. The number of hydrogen-bond donors (Lipinski definition) is 2.